The quantitative estimate of drug-likeness (QED) is 0.193. The van der Waals surface area contributed by atoms with Gasteiger partial charge in [0.15, 0.2) is 23.0 Å². The van der Waals surface area contributed by atoms with Crippen molar-refractivity contribution >= 4 is 0 Å². The van der Waals surface area contributed by atoms with Crippen molar-refractivity contribution in [3.8, 4) is 34.8 Å². The lowest BCUT2D eigenvalue weighted by molar-refractivity contribution is -0.523. The molecule has 0 bridgehead atoms. The van der Waals surface area contributed by atoms with E-state index >= 15 is 0 Å². The molecule has 208 valence electrons. The maximum atomic E-state index is 12.0. The Labute approximate surface area is 225 Å². The number of methoxy groups -OCH3 is 5. The van der Waals surface area contributed by atoms with Crippen LogP contribution in [0.3, 0.4) is 0 Å². The number of benzene rings is 2. The van der Waals surface area contributed by atoms with E-state index in [-0.39, 0.29) is 17.3 Å². The molecule has 9 nitrogen and oxygen atoms in total. The van der Waals surface area contributed by atoms with Gasteiger partial charge >= 0.3 is 0 Å². The van der Waals surface area contributed by atoms with Crippen LogP contribution in [0.15, 0.2) is 30.3 Å². The van der Waals surface area contributed by atoms with Gasteiger partial charge in [-0.15, -0.1) is 0 Å². The molecular weight excluding hydrogens is 488 g/mol. The third-order valence-corrected chi connectivity index (χ3v) is 7.39. The highest BCUT2D eigenvalue weighted by Crippen LogP contribution is 2.47. The van der Waals surface area contributed by atoms with Crippen LogP contribution in [0.2, 0.25) is 0 Å². The van der Waals surface area contributed by atoms with Crippen molar-refractivity contribution in [1.82, 2.24) is 0 Å². The zero-order chi connectivity index (χ0) is 28.3. The van der Waals surface area contributed by atoms with Gasteiger partial charge in [-0.25, -0.2) is 0 Å². The number of nitro groups is 1. The third-order valence-electron chi connectivity index (χ3n) is 7.39. The van der Waals surface area contributed by atoms with Gasteiger partial charge in [0.2, 0.25) is 11.8 Å². The molecule has 0 spiro atoms. The topological polar surface area (TPSA) is 113 Å². The fraction of sp³-hybridized carbons (Fsp3) is 0.552. The van der Waals surface area contributed by atoms with E-state index in [0.29, 0.717) is 48.0 Å². The summed E-state index contributed by atoms with van der Waals surface area (Å²) in [5.74, 6) is 2.55. The zero-order valence-electron chi connectivity index (χ0n) is 23.5. The van der Waals surface area contributed by atoms with E-state index in [9.17, 15) is 15.4 Å². The summed E-state index contributed by atoms with van der Waals surface area (Å²) < 4.78 is 27.2. The molecule has 0 aliphatic rings. The van der Waals surface area contributed by atoms with Crippen LogP contribution < -0.4 is 23.7 Å². The highest BCUT2D eigenvalue weighted by Gasteiger charge is 2.40. The van der Waals surface area contributed by atoms with Crippen LogP contribution in [0.25, 0.3) is 0 Å². The number of hydrogen-bond donors (Lipinski definition) is 0. The van der Waals surface area contributed by atoms with Crippen molar-refractivity contribution < 1.29 is 28.6 Å². The van der Waals surface area contributed by atoms with E-state index in [2.05, 4.69) is 19.9 Å². The summed E-state index contributed by atoms with van der Waals surface area (Å²) >= 11 is 0. The molecule has 0 N–H and O–H groups in total. The molecule has 0 aliphatic heterocycles. The zero-order valence-corrected chi connectivity index (χ0v) is 23.5. The first-order valence-electron chi connectivity index (χ1n) is 12.8. The van der Waals surface area contributed by atoms with E-state index in [1.165, 1.54) is 14.2 Å². The summed E-state index contributed by atoms with van der Waals surface area (Å²) in [6, 6.07) is 10.8. The number of nitriles is 1. The second kappa shape index (κ2) is 14.3. The molecule has 0 aromatic heterocycles. The van der Waals surface area contributed by atoms with Gasteiger partial charge in [-0.05, 0) is 54.2 Å². The van der Waals surface area contributed by atoms with E-state index in [1.54, 1.807) is 33.5 Å². The number of hydrogen-bond acceptors (Lipinski definition) is 8. The summed E-state index contributed by atoms with van der Waals surface area (Å²) in [7, 11) is 7.71. The molecule has 0 saturated heterocycles. The minimum absolute atomic E-state index is 0.0372. The van der Waals surface area contributed by atoms with Crippen molar-refractivity contribution in [2.75, 3.05) is 35.5 Å². The second-order valence-corrected chi connectivity index (χ2v) is 9.24. The van der Waals surface area contributed by atoms with Crippen LogP contribution in [-0.2, 0) is 11.8 Å². The minimum Gasteiger partial charge on any atom is -0.493 e. The van der Waals surface area contributed by atoms with Crippen molar-refractivity contribution in [1.29, 1.82) is 5.26 Å². The predicted octanol–water partition coefficient (Wildman–Crippen LogP) is 5.99. The number of rotatable bonds is 16. The third kappa shape index (κ3) is 6.60. The van der Waals surface area contributed by atoms with E-state index in [0.717, 1.165) is 24.0 Å². The monoisotopic (exact) mass is 528 g/mol. The second-order valence-electron chi connectivity index (χ2n) is 9.24. The van der Waals surface area contributed by atoms with Crippen molar-refractivity contribution in [3.63, 3.8) is 0 Å². The molecule has 2 rings (SSSR count). The largest absolute Gasteiger partial charge is 0.493 e. The Kier molecular flexibility index (Phi) is 11.5. The molecular formula is C29H40N2O7. The van der Waals surface area contributed by atoms with Crippen LogP contribution in [0, 0.1) is 27.4 Å². The molecule has 2 aromatic rings. The summed E-state index contributed by atoms with van der Waals surface area (Å²) in [4.78, 5) is 11.8. The molecule has 0 amide bonds. The lowest BCUT2D eigenvalue weighted by atomic mass is 9.66. The smallest absolute Gasteiger partial charge is 0.217 e. The van der Waals surface area contributed by atoms with Gasteiger partial charge in [-0.3, -0.25) is 10.1 Å². The van der Waals surface area contributed by atoms with Gasteiger partial charge in [-0.2, -0.15) is 5.26 Å². The Morgan fingerprint density at radius 3 is 1.92 bits per heavy atom. The molecule has 2 atom stereocenters. The standard InChI is InChI=1S/C29H40N2O7/c1-8-21(9-2)29(19-30,22-17-26(36-5)28(38-7)27(18-22)37-6)14-10-11-23(31(32)33)15-20-12-13-24(34-3)25(16-20)35-4/h12-13,16-18,21,23H,8-11,14-15H2,1-7H3. The average molecular weight is 529 g/mol. The van der Waals surface area contributed by atoms with Crippen molar-refractivity contribution in [2.45, 2.75) is 63.8 Å². The predicted molar refractivity (Wildman–Crippen MR) is 145 cm³/mol. The van der Waals surface area contributed by atoms with Crippen LogP contribution >= 0.6 is 0 Å². The minimum atomic E-state index is -0.874. The van der Waals surface area contributed by atoms with E-state index < -0.39 is 11.5 Å². The summed E-state index contributed by atoms with van der Waals surface area (Å²) in [6.07, 6.45) is 3.11. The van der Waals surface area contributed by atoms with Crippen molar-refractivity contribution in [3.05, 3.63) is 51.6 Å². The molecule has 0 aliphatic carbocycles. The highest BCUT2D eigenvalue weighted by molar-refractivity contribution is 5.56. The maximum absolute atomic E-state index is 12.0. The van der Waals surface area contributed by atoms with Gasteiger partial charge in [0.1, 0.15) is 0 Å². The molecule has 0 radical (unpaired) electrons. The normalized spacial score (nSPS) is 13.2. The molecule has 9 heteroatoms. The van der Waals surface area contributed by atoms with Crippen LogP contribution in [0.5, 0.6) is 28.7 Å². The summed E-state index contributed by atoms with van der Waals surface area (Å²) in [6.45, 7) is 4.13. The fourth-order valence-electron chi connectivity index (χ4n) is 5.30. The highest BCUT2D eigenvalue weighted by atomic mass is 16.6. The first-order chi connectivity index (χ1) is 18.3. The maximum Gasteiger partial charge on any atom is 0.217 e. The fourth-order valence-corrected chi connectivity index (χ4v) is 5.30. The SMILES string of the molecule is CCC(CC)C(C#N)(CCCC(Cc1ccc(OC)c(OC)c1)[N+](=O)[O-])c1cc(OC)c(OC)c(OC)c1. The molecule has 2 aromatic carbocycles. The number of ether oxygens (including phenoxy) is 5. The van der Waals surface area contributed by atoms with Gasteiger partial charge in [0, 0.05) is 17.8 Å². The van der Waals surface area contributed by atoms with Crippen LogP contribution in [0.1, 0.15) is 57.1 Å². The van der Waals surface area contributed by atoms with Gasteiger partial charge in [0.25, 0.3) is 0 Å². The van der Waals surface area contributed by atoms with Crippen molar-refractivity contribution in [2.24, 2.45) is 5.92 Å². The molecule has 2 unspecified atom stereocenters. The van der Waals surface area contributed by atoms with Gasteiger partial charge < -0.3 is 23.7 Å². The first kappa shape index (κ1) is 30.6. The lowest BCUT2D eigenvalue weighted by Gasteiger charge is -2.35. The summed E-state index contributed by atoms with van der Waals surface area (Å²) in [5.41, 5.74) is 0.683. The van der Waals surface area contributed by atoms with E-state index in [1.807, 2.05) is 18.2 Å². The van der Waals surface area contributed by atoms with Crippen LogP contribution in [-0.4, -0.2) is 46.5 Å². The average Bonchev–Trinajstić information content (AvgIpc) is 2.94. The Bertz CT molecular complexity index is 1090. The van der Waals surface area contributed by atoms with Crippen LogP contribution in [0.4, 0.5) is 0 Å². The first-order valence-corrected chi connectivity index (χ1v) is 12.8. The Hall–Kier alpha value is -3.67. The molecule has 0 saturated carbocycles. The number of nitrogens with zero attached hydrogens (tertiary/aromatic N) is 2. The molecule has 38 heavy (non-hydrogen) atoms. The van der Waals surface area contributed by atoms with E-state index in [4.69, 9.17) is 23.7 Å². The molecule has 0 fully saturated rings. The van der Waals surface area contributed by atoms with Gasteiger partial charge in [0.05, 0.1) is 47.0 Å². The molecule has 0 heterocycles. The Morgan fingerprint density at radius 2 is 1.47 bits per heavy atom. The lowest BCUT2D eigenvalue weighted by Crippen LogP contribution is -2.34. The Balaban J connectivity index is 2.38. The summed E-state index contributed by atoms with van der Waals surface area (Å²) in [5, 5.41) is 22.6. The van der Waals surface area contributed by atoms with Gasteiger partial charge in [-0.1, -0.05) is 32.8 Å². The Morgan fingerprint density at radius 1 is 0.895 bits per heavy atom.